The Kier molecular flexibility index (Phi) is 5.61. The second-order valence-electron chi connectivity index (χ2n) is 5.03. The summed E-state index contributed by atoms with van der Waals surface area (Å²) in [5.41, 5.74) is 1.23. The van der Waals surface area contributed by atoms with Gasteiger partial charge >= 0.3 is 0 Å². The molecule has 0 bridgehead atoms. The lowest BCUT2D eigenvalue weighted by Crippen LogP contribution is -2.26. The summed E-state index contributed by atoms with van der Waals surface area (Å²) in [6, 6.07) is 4.42. The average Bonchev–Trinajstić information content (AvgIpc) is 2.46. The van der Waals surface area contributed by atoms with E-state index in [0.29, 0.717) is 6.04 Å². The Bertz CT molecular complexity index is 378. The van der Waals surface area contributed by atoms with E-state index in [1.54, 1.807) is 0 Å². The lowest BCUT2D eigenvalue weighted by atomic mass is 10.1. The maximum absolute atomic E-state index is 5.93. The van der Waals surface area contributed by atoms with Crippen molar-refractivity contribution in [2.24, 2.45) is 0 Å². The predicted octanol–water partition coefficient (Wildman–Crippen LogP) is 2.70. The maximum atomic E-state index is 5.93. The van der Waals surface area contributed by atoms with Crippen LogP contribution in [0.3, 0.4) is 0 Å². The molecule has 1 fully saturated rings. The molecule has 0 radical (unpaired) electrons. The van der Waals surface area contributed by atoms with Gasteiger partial charge in [0, 0.05) is 31.1 Å². The number of rotatable bonds is 6. The number of nitrogens with zero attached hydrogens (tertiary/aromatic N) is 1. The maximum Gasteiger partial charge on any atom is 0.213 e. The summed E-state index contributed by atoms with van der Waals surface area (Å²) in [6.07, 6.45) is 5.12. The molecule has 1 saturated heterocycles. The van der Waals surface area contributed by atoms with Gasteiger partial charge in [-0.3, -0.25) is 0 Å². The molecule has 1 unspecified atom stereocenters. The van der Waals surface area contributed by atoms with E-state index in [2.05, 4.69) is 24.1 Å². The molecule has 19 heavy (non-hydrogen) atoms. The van der Waals surface area contributed by atoms with Crippen molar-refractivity contribution in [1.29, 1.82) is 0 Å². The molecule has 0 amide bonds. The van der Waals surface area contributed by atoms with Gasteiger partial charge in [0.15, 0.2) is 0 Å². The van der Waals surface area contributed by atoms with Crippen molar-refractivity contribution >= 4 is 0 Å². The largest absolute Gasteiger partial charge is 0.474 e. The first-order valence-corrected chi connectivity index (χ1v) is 7.23. The van der Waals surface area contributed by atoms with Crippen LogP contribution in [0.1, 0.15) is 44.7 Å². The zero-order chi connectivity index (χ0) is 13.5. The van der Waals surface area contributed by atoms with Crippen LogP contribution >= 0.6 is 0 Å². The van der Waals surface area contributed by atoms with Gasteiger partial charge < -0.3 is 14.8 Å². The Morgan fingerprint density at radius 2 is 2.26 bits per heavy atom. The summed E-state index contributed by atoms with van der Waals surface area (Å²) in [4.78, 5) is 4.31. The first-order valence-electron chi connectivity index (χ1n) is 7.23. The third-order valence-electron chi connectivity index (χ3n) is 3.42. The van der Waals surface area contributed by atoms with E-state index in [0.717, 1.165) is 44.9 Å². The van der Waals surface area contributed by atoms with Crippen molar-refractivity contribution < 1.29 is 9.47 Å². The molecule has 1 N–H and O–H groups in total. The van der Waals surface area contributed by atoms with E-state index in [-0.39, 0.29) is 6.10 Å². The smallest absolute Gasteiger partial charge is 0.213 e. The van der Waals surface area contributed by atoms with Crippen LogP contribution in [0.15, 0.2) is 18.3 Å². The summed E-state index contributed by atoms with van der Waals surface area (Å²) in [6.45, 7) is 6.95. The Morgan fingerprint density at radius 1 is 1.47 bits per heavy atom. The van der Waals surface area contributed by atoms with Crippen LogP contribution in [0, 0.1) is 0 Å². The van der Waals surface area contributed by atoms with Gasteiger partial charge in [-0.1, -0.05) is 6.92 Å². The molecule has 4 nitrogen and oxygen atoms in total. The van der Waals surface area contributed by atoms with Crippen LogP contribution in [0.2, 0.25) is 0 Å². The lowest BCUT2D eigenvalue weighted by Gasteiger charge is -2.23. The van der Waals surface area contributed by atoms with Crippen LogP contribution in [0.5, 0.6) is 5.88 Å². The van der Waals surface area contributed by atoms with E-state index in [1.165, 1.54) is 5.56 Å². The zero-order valence-corrected chi connectivity index (χ0v) is 11.9. The highest BCUT2D eigenvalue weighted by molar-refractivity contribution is 5.23. The summed E-state index contributed by atoms with van der Waals surface area (Å²) in [5.74, 6) is 0.731. The minimum absolute atomic E-state index is 0.246. The zero-order valence-electron chi connectivity index (χ0n) is 11.9. The fourth-order valence-electron chi connectivity index (χ4n) is 2.20. The minimum atomic E-state index is 0.246. The normalized spacial score (nSPS) is 18.2. The van der Waals surface area contributed by atoms with E-state index < -0.39 is 0 Å². The van der Waals surface area contributed by atoms with Crippen LogP contribution in [0.25, 0.3) is 0 Å². The fraction of sp³-hybridized carbons (Fsp3) is 0.667. The Hall–Kier alpha value is -1.13. The lowest BCUT2D eigenvalue weighted by molar-refractivity contribution is 0.0237. The van der Waals surface area contributed by atoms with Crippen LogP contribution in [0.4, 0.5) is 0 Å². The highest BCUT2D eigenvalue weighted by Gasteiger charge is 2.16. The Morgan fingerprint density at radius 3 is 3.00 bits per heavy atom. The summed E-state index contributed by atoms with van der Waals surface area (Å²) >= 11 is 0. The molecule has 1 atom stereocenters. The first-order chi connectivity index (χ1) is 9.29. The van der Waals surface area contributed by atoms with Gasteiger partial charge in [-0.2, -0.15) is 0 Å². The third-order valence-corrected chi connectivity index (χ3v) is 3.42. The molecule has 2 rings (SSSR count). The van der Waals surface area contributed by atoms with Gasteiger partial charge in [-0.05, 0) is 31.5 Å². The molecule has 0 aromatic carbocycles. The van der Waals surface area contributed by atoms with E-state index in [1.807, 2.05) is 18.3 Å². The molecule has 1 aromatic rings. The molecule has 1 aliphatic heterocycles. The van der Waals surface area contributed by atoms with Gasteiger partial charge in [0.05, 0.1) is 13.2 Å². The number of hydrogen-bond acceptors (Lipinski definition) is 4. The van der Waals surface area contributed by atoms with Crippen molar-refractivity contribution in [1.82, 2.24) is 10.3 Å². The Balaban J connectivity index is 1.93. The van der Waals surface area contributed by atoms with Gasteiger partial charge in [-0.25, -0.2) is 4.98 Å². The molecule has 0 saturated carbocycles. The number of aromatic nitrogens is 1. The van der Waals surface area contributed by atoms with Crippen molar-refractivity contribution in [2.75, 3.05) is 19.8 Å². The second kappa shape index (κ2) is 7.46. The second-order valence-corrected chi connectivity index (χ2v) is 5.03. The highest BCUT2D eigenvalue weighted by Crippen LogP contribution is 2.20. The standard InChI is InChI=1S/C15H24N2O2/c1-3-7-16-12(2)13-4-8-17-15(11-13)19-14-5-9-18-10-6-14/h4,8,11-12,14,16H,3,5-7,9-10H2,1-2H3. The SMILES string of the molecule is CCCNC(C)c1ccnc(OC2CCOCC2)c1. The molecular formula is C15H24N2O2. The van der Waals surface area contributed by atoms with Gasteiger partial charge in [-0.15, -0.1) is 0 Å². The molecule has 0 aliphatic carbocycles. The fourth-order valence-corrected chi connectivity index (χ4v) is 2.20. The monoisotopic (exact) mass is 264 g/mol. The topological polar surface area (TPSA) is 43.4 Å². The quantitative estimate of drug-likeness (QED) is 0.858. The molecular weight excluding hydrogens is 240 g/mol. The van der Waals surface area contributed by atoms with Crippen LogP contribution < -0.4 is 10.1 Å². The Labute approximate surface area is 115 Å². The first kappa shape index (κ1) is 14.3. The summed E-state index contributed by atoms with van der Waals surface area (Å²) in [5, 5.41) is 3.48. The molecule has 1 aliphatic rings. The molecule has 106 valence electrons. The minimum Gasteiger partial charge on any atom is -0.474 e. The van der Waals surface area contributed by atoms with E-state index in [9.17, 15) is 0 Å². The van der Waals surface area contributed by atoms with E-state index in [4.69, 9.17) is 9.47 Å². The van der Waals surface area contributed by atoms with Gasteiger partial charge in [0.2, 0.25) is 5.88 Å². The molecule has 2 heterocycles. The highest BCUT2D eigenvalue weighted by atomic mass is 16.5. The number of nitrogens with one attached hydrogen (secondary N) is 1. The van der Waals surface area contributed by atoms with Gasteiger partial charge in [0.1, 0.15) is 6.10 Å². The molecule has 1 aromatic heterocycles. The summed E-state index contributed by atoms with van der Waals surface area (Å²) in [7, 11) is 0. The average molecular weight is 264 g/mol. The van der Waals surface area contributed by atoms with Gasteiger partial charge in [0.25, 0.3) is 0 Å². The predicted molar refractivity (Wildman–Crippen MR) is 75.4 cm³/mol. The van der Waals surface area contributed by atoms with Crippen molar-refractivity contribution in [2.45, 2.75) is 45.3 Å². The third kappa shape index (κ3) is 4.48. The number of ether oxygens (including phenoxy) is 2. The summed E-state index contributed by atoms with van der Waals surface area (Å²) < 4.78 is 11.3. The molecule has 4 heteroatoms. The van der Waals surface area contributed by atoms with Crippen molar-refractivity contribution in [3.63, 3.8) is 0 Å². The van der Waals surface area contributed by atoms with Crippen molar-refractivity contribution in [3.8, 4) is 5.88 Å². The molecule has 0 spiro atoms. The van der Waals surface area contributed by atoms with Crippen molar-refractivity contribution in [3.05, 3.63) is 23.9 Å². The van der Waals surface area contributed by atoms with E-state index >= 15 is 0 Å². The van der Waals surface area contributed by atoms with Crippen LogP contribution in [-0.4, -0.2) is 30.8 Å². The number of pyridine rings is 1. The van der Waals surface area contributed by atoms with Crippen LogP contribution in [-0.2, 0) is 4.74 Å². The number of hydrogen-bond donors (Lipinski definition) is 1.